The van der Waals surface area contributed by atoms with Crippen LogP contribution in [0, 0.1) is 17.7 Å². The van der Waals surface area contributed by atoms with Crippen LogP contribution in [0.25, 0.3) is 6.08 Å². The normalized spacial score (nSPS) is 25.3. The van der Waals surface area contributed by atoms with Gasteiger partial charge in [0, 0.05) is 18.5 Å². The first-order valence-electron chi connectivity index (χ1n) is 14.1. The van der Waals surface area contributed by atoms with Crippen LogP contribution in [0.15, 0.2) is 35.0 Å². The van der Waals surface area contributed by atoms with E-state index < -0.39 is 5.97 Å². The molecular weight excluding hydrogens is 487 g/mol. The maximum absolute atomic E-state index is 14.1. The van der Waals surface area contributed by atoms with Gasteiger partial charge in [0.15, 0.2) is 5.69 Å². The van der Waals surface area contributed by atoms with Gasteiger partial charge in [-0.05, 0) is 60.9 Å². The number of amides is 1. The highest BCUT2D eigenvalue weighted by Gasteiger charge is 2.51. The third kappa shape index (κ3) is 6.34. The SMILES string of the molecule is O=C(O)/C=C/c1ccc(F)cc1CC1C2CCC(O2)C1c1nc(C(=O)NCCCCC2CCCCC2)co1. The number of hydrogen-bond donors (Lipinski definition) is 2. The molecule has 38 heavy (non-hydrogen) atoms. The molecule has 2 aromatic rings. The third-order valence-electron chi connectivity index (χ3n) is 8.48. The van der Waals surface area contributed by atoms with E-state index in [1.165, 1.54) is 63.0 Å². The summed E-state index contributed by atoms with van der Waals surface area (Å²) in [4.78, 5) is 28.3. The second-order valence-corrected chi connectivity index (χ2v) is 11.0. The molecule has 1 aromatic carbocycles. The van der Waals surface area contributed by atoms with Gasteiger partial charge in [0.05, 0.1) is 18.1 Å². The number of carboxylic acids is 1. The Morgan fingerprint density at radius 2 is 1.92 bits per heavy atom. The first-order valence-corrected chi connectivity index (χ1v) is 14.1. The lowest BCUT2D eigenvalue weighted by Crippen LogP contribution is -2.28. The number of aliphatic carboxylic acids is 1. The maximum atomic E-state index is 14.1. The number of nitrogens with one attached hydrogen (secondary N) is 1. The quantitative estimate of drug-likeness (QED) is 0.281. The largest absolute Gasteiger partial charge is 0.478 e. The fraction of sp³-hybridized carbons (Fsp3) is 0.567. The van der Waals surface area contributed by atoms with E-state index in [2.05, 4.69) is 10.3 Å². The van der Waals surface area contributed by atoms with Crippen LogP contribution in [0.2, 0.25) is 0 Å². The number of nitrogens with zero attached hydrogens (tertiary/aromatic N) is 1. The van der Waals surface area contributed by atoms with Crippen molar-refractivity contribution >= 4 is 18.0 Å². The maximum Gasteiger partial charge on any atom is 0.328 e. The molecule has 8 heteroatoms. The van der Waals surface area contributed by atoms with Gasteiger partial charge in [-0.25, -0.2) is 14.2 Å². The Hall–Kier alpha value is -3.00. The minimum atomic E-state index is -1.06. The van der Waals surface area contributed by atoms with E-state index in [0.717, 1.165) is 37.7 Å². The number of oxazole rings is 1. The van der Waals surface area contributed by atoms with Crippen LogP contribution in [0.3, 0.4) is 0 Å². The number of aromatic nitrogens is 1. The molecule has 0 radical (unpaired) electrons. The molecule has 0 spiro atoms. The Bertz CT molecular complexity index is 1160. The number of halogens is 1. The van der Waals surface area contributed by atoms with E-state index in [-0.39, 0.29) is 41.5 Å². The second-order valence-electron chi connectivity index (χ2n) is 11.0. The average Bonchev–Trinajstić information content (AvgIpc) is 3.65. The lowest BCUT2D eigenvalue weighted by Gasteiger charge is -2.26. The Morgan fingerprint density at radius 3 is 2.74 bits per heavy atom. The highest BCUT2D eigenvalue weighted by atomic mass is 19.1. The molecule has 2 N–H and O–H groups in total. The molecular formula is C30H37FN2O5. The summed E-state index contributed by atoms with van der Waals surface area (Å²) in [5.41, 5.74) is 1.64. The van der Waals surface area contributed by atoms with Gasteiger partial charge in [0.2, 0.25) is 5.89 Å². The summed E-state index contributed by atoms with van der Waals surface area (Å²) in [6, 6.07) is 4.37. The first-order chi connectivity index (χ1) is 18.5. The van der Waals surface area contributed by atoms with Crippen molar-refractivity contribution in [2.24, 2.45) is 11.8 Å². The topological polar surface area (TPSA) is 102 Å². The van der Waals surface area contributed by atoms with Gasteiger partial charge < -0.3 is 19.6 Å². The molecule has 2 saturated heterocycles. The third-order valence-corrected chi connectivity index (χ3v) is 8.48. The molecule has 4 atom stereocenters. The molecule has 5 rings (SSSR count). The number of carbonyl (C=O) groups excluding carboxylic acids is 1. The number of ether oxygens (including phenoxy) is 1. The second kappa shape index (κ2) is 12.2. The fourth-order valence-corrected chi connectivity index (χ4v) is 6.58. The van der Waals surface area contributed by atoms with Gasteiger partial charge in [0.1, 0.15) is 12.1 Å². The molecule has 2 bridgehead atoms. The Kier molecular flexibility index (Phi) is 8.57. The minimum absolute atomic E-state index is 0.0122. The van der Waals surface area contributed by atoms with Crippen molar-refractivity contribution in [1.82, 2.24) is 10.3 Å². The summed E-state index contributed by atoms with van der Waals surface area (Å²) >= 11 is 0. The lowest BCUT2D eigenvalue weighted by molar-refractivity contribution is -0.131. The number of fused-ring (bicyclic) bond motifs is 2. The standard InChI is InChI=1S/C30H37FN2O5/c31-22-11-9-20(10-14-27(34)35)21(16-22)17-23-25-12-13-26(38-25)28(23)30-33-24(18-37-30)29(36)32-15-5-4-8-19-6-2-1-3-7-19/h9-11,14,16,18-19,23,25-26,28H,1-8,12-13,15,17H2,(H,32,36)(H,34,35)/b14-10+. The highest BCUT2D eigenvalue weighted by Crippen LogP contribution is 2.50. The number of carbonyl (C=O) groups is 2. The zero-order valence-electron chi connectivity index (χ0n) is 21.7. The van der Waals surface area contributed by atoms with Crippen LogP contribution in [-0.2, 0) is 16.0 Å². The van der Waals surface area contributed by atoms with Crippen molar-refractivity contribution in [1.29, 1.82) is 0 Å². The lowest BCUT2D eigenvalue weighted by atomic mass is 9.75. The van der Waals surface area contributed by atoms with Crippen LogP contribution in [-0.4, -0.2) is 40.7 Å². The van der Waals surface area contributed by atoms with Crippen molar-refractivity contribution in [3.63, 3.8) is 0 Å². The summed E-state index contributed by atoms with van der Waals surface area (Å²) in [7, 11) is 0. The molecule has 1 saturated carbocycles. The Morgan fingerprint density at radius 1 is 1.11 bits per heavy atom. The molecule has 2 aliphatic heterocycles. The summed E-state index contributed by atoms with van der Waals surface area (Å²) in [5, 5.41) is 12.0. The predicted molar refractivity (Wildman–Crippen MR) is 140 cm³/mol. The smallest absolute Gasteiger partial charge is 0.328 e. The number of unbranched alkanes of at least 4 members (excludes halogenated alkanes) is 1. The predicted octanol–water partition coefficient (Wildman–Crippen LogP) is 5.90. The Balaban J connectivity index is 1.20. The zero-order valence-corrected chi connectivity index (χ0v) is 21.7. The van der Waals surface area contributed by atoms with E-state index in [9.17, 15) is 14.0 Å². The molecule has 1 amide bonds. The van der Waals surface area contributed by atoms with Crippen LogP contribution in [0.1, 0.15) is 97.6 Å². The van der Waals surface area contributed by atoms with Crippen LogP contribution >= 0.6 is 0 Å². The van der Waals surface area contributed by atoms with E-state index >= 15 is 0 Å². The van der Waals surface area contributed by atoms with E-state index in [1.807, 2.05) is 0 Å². The molecule has 1 aromatic heterocycles. The van der Waals surface area contributed by atoms with Gasteiger partial charge >= 0.3 is 5.97 Å². The van der Waals surface area contributed by atoms with Gasteiger partial charge in [0.25, 0.3) is 5.91 Å². The van der Waals surface area contributed by atoms with Gasteiger partial charge in [-0.2, -0.15) is 0 Å². The summed E-state index contributed by atoms with van der Waals surface area (Å²) in [5.74, 6) is -0.496. The van der Waals surface area contributed by atoms with E-state index in [1.54, 1.807) is 6.07 Å². The van der Waals surface area contributed by atoms with E-state index in [4.69, 9.17) is 14.3 Å². The van der Waals surface area contributed by atoms with Crippen molar-refractivity contribution < 1.29 is 28.2 Å². The van der Waals surface area contributed by atoms with Crippen LogP contribution in [0.4, 0.5) is 4.39 Å². The number of hydrogen-bond acceptors (Lipinski definition) is 5. The fourth-order valence-electron chi connectivity index (χ4n) is 6.58. The number of carboxylic acid groups (broad SMARTS) is 1. The molecule has 204 valence electrons. The van der Waals surface area contributed by atoms with Crippen molar-refractivity contribution in [3.05, 3.63) is 59.1 Å². The molecule has 3 heterocycles. The summed E-state index contributed by atoms with van der Waals surface area (Å²) in [6.07, 6.45) is 16.3. The van der Waals surface area contributed by atoms with Crippen molar-refractivity contribution in [2.45, 2.75) is 88.8 Å². The van der Waals surface area contributed by atoms with Gasteiger partial charge in [-0.1, -0.05) is 51.0 Å². The Labute approximate surface area is 222 Å². The molecule has 7 nitrogen and oxygen atoms in total. The van der Waals surface area contributed by atoms with E-state index in [0.29, 0.717) is 30.0 Å². The molecule has 3 aliphatic rings. The van der Waals surface area contributed by atoms with Gasteiger partial charge in [-0.15, -0.1) is 0 Å². The molecule has 3 fully saturated rings. The van der Waals surface area contributed by atoms with Gasteiger partial charge in [-0.3, -0.25) is 4.79 Å². The monoisotopic (exact) mass is 524 g/mol. The number of benzene rings is 1. The first kappa shape index (κ1) is 26.6. The summed E-state index contributed by atoms with van der Waals surface area (Å²) in [6.45, 7) is 0.625. The highest BCUT2D eigenvalue weighted by molar-refractivity contribution is 5.91. The number of rotatable bonds is 11. The average molecular weight is 525 g/mol. The van der Waals surface area contributed by atoms with Crippen molar-refractivity contribution in [2.75, 3.05) is 6.54 Å². The molecule has 4 unspecified atom stereocenters. The summed E-state index contributed by atoms with van der Waals surface area (Å²) < 4.78 is 26.1. The zero-order chi connectivity index (χ0) is 26.5. The van der Waals surface area contributed by atoms with Crippen molar-refractivity contribution in [3.8, 4) is 0 Å². The van der Waals surface area contributed by atoms with Crippen LogP contribution < -0.4 is 5.32 Å². The van der Waals surface area contributed by atoms with Crippen LogP contribution in [0.5, 0.6) is 0 Å². The minimum Gasteiger partial charge on any atom is -0.478 e. The molecule has 1 aliphatic carbocycles.